The highest BCUT2D eigenvalue weighted by Crippen LogP contribution is 2.28. The van der Waals surface area contributed by atoms with E-state index in [1.165, 1.54) is 18.2 Å². The number of halogens is 1. The van der Waals surface area contributed by atoms with E-state index in [1.54, 1.807) is 0 Å². The number of rotatable bonds is 2. The van der Waals surface area contributed by atoms with E-state index < -0.39 is 11.8 Å². The lowest BCUT2D eigenvalue weighted by Crippen LogP contribution is -2.45. The lowest BCUT2D eigenvalue weighted by Gasteiger charge is -2.39. The Morgan fingerprint density at radius 3 is 2.73 bits per heavy atom. The normalized spacial score (nSPS) is 16.3. The zero-order valence-electron chi connectivity index (χ0n) is 8.40. The minimum Gasteiger partial charge on any atom is -0.478 e. The van der Waals surface area contributed by atoms with E-state index in [2.05, 4.69) is 6.92 Å². The van der Waals surface area contributed by atoms with Gasteiger partial charge in [0.15, 0.2) is 0 Å². The maximum Gasteiger partial charge on any atom is 0.337 e. The number of nitrogens with zero attached hydrogens (tertiary/aromatic N) is 1. The predicted octanol–water partition coefficient (Wildman–Crippen LogP) is 1.98. The van der Waals surface area contributed by atoms with E-state index in [9.17, 15) is 9.18 Å². The van der Waals surface area contributed by atoms with Crippen LogP contribution < -0.4 is 4.90 Å². The summed E-state index contributed by atoms with van der Waals surface area (Å²) in [7, 11) is 0. The molecule has 0 atom stereocenters. The number of hydrogen-bond donors (Lipinski definition) is 1. The van der Waals surface area contributed by atoms with Crippen molar-refractivity contribution in [2.24, 2.45) is 5.92 Å². The Morgan fingerprint density at radius 2 is 2.20 bits per heavy atom. The van der Waals surface area contributed by atoms with Crippen LogP contribution in [0.15, 0.2) is 18.2 Å². The van der Waals surface area contributed by atoms with Gasteiger partial charge >= 0.3 is 5.97 Å². The first kappa shape index (κ1) is 9.96. The van der Waals surface area contributed by atoms with Crippen molar-refractivity contribution in [1.29, 1.82) is 0 Å². The van der Waals surface area contributed by atoms with Crippen LogP contribution in [-0.4, -0.2) is 24.2 Å². The molecule has 1 heterocycles. The molecule has 80 valence electrons. The summed E-state index contributed by atoms with van der Waals surface area (Å²) in [4.78, 5) is 12.8. The zero-order valence-corrected chi connectivity index (χ0v) is 8.40. The van der Waals surface area contributed by atoms with Gasteiger partial charge in [0.05, 0.1) is 11.3 Å². The average molecular weight is 209 g/mol. The van der Waals surface area contributed by atoms with Crippen LogP contribution in [0.2, 0.25) is 0 Å². The van der Waals surface area contributed by atoms with E-state index in [4.69, 9.17) is 5.11 Å². The molecule has 2 rings (SSSR count). The molecule has 0 aliphatic carbocycles. The van der Waals surface area contributed by atoms with Gasteiger partial charge in [0.2, 0.25) is 0 Å². The molecule has 1 aromatic rings. The molecule has 1 aromatic carbocycles. The summed E-state index contributed by atoms with van der Waals surface area (Å²) in [6.45, 7) is 3.67. The van der Waals surface area contributed by atoms with Crippen molar-refractivity contribution in [2.45, 2.75) is 6.92 Å². The minimum atomic E-state index is -1.01. The molecule has 0 saturated carbocycles. The first-order valence-corrected chi connectivity index (χ1v) is 4.85. The Balaban J connectivity index is 2.35. The van der Waals surface area contributed by atoms with Gasteiger partial charge in [-0.1, -0.05) is 6.92 Å². The largest absolute Gasteiger partial charge is 0.478 e. The Morgan fingerprint density at radius 1 is 1.53 bits per heavy atom. The van der Waals surface area contributed by atoms with Crippen molar-refractivity contribution in [2.75, 3.05) is 18.0 Å². The predicted molar refractivity (Wildman–Crippen MR) is 54.7 cm³/mol. The summed E-state index contributed by atoms with van der Waals surface area (Å²) in [5.74, 6) is -0.853. The summed E-state index contributed by atoms with van der Waals surface area (Å²) in [5.41, 5.74) is 0.656. The van der Waals surface area contributed by atoms with E-state index >= 15 is 0 Å². The molecule has 0 unspecified atom stereocenters. The molecule has 1 N–H and O–H groups in total. The fraction of sp³-hybridized carbons (Fsp3) is 0.364. The van der Waals surface area contributed by atoms with Crippen LogP contribution in [0.5, 0.6) is 0 Å². The molecule has 1 aliphatic heterocycles. The third-order valence-electron chi connectivity index (χ3n) is 2.59. The Labute approximate surface area is 87.1 Å². The molecular formula is C11H12FNO2. The number of hydrogen-bond acceptors (Lipinski definition) is 2. The van der Waals surface area contributed by atoms with Crippen molar-refractivity contribution in [3.8, 4) is 0 Å². The topological polar surface area (TPSA) is 40.5 Å². The van der Waals surface area contributed by atoms with E-state index in [0.29, 0.717) is 11.6 Å². The lowest BCUT2D eigenvalue weighted by molar-refractivity contribution is 0.0697. The highest BCUT2D eigenvalue weighted by Gasteiger charge is 2.26. The second-order valence-corrected chi connectivity index (χ2v) is 3.98. The fourth-order valence-electron chi connectivity index (χ4n) is 1.84. The molecule has 0 amide bonds. The van der Waals surface area contributed by atoms with Crippen LogP contribution in [0, 0.1) is 11.7 Å². The van der Waals surface area contributed by atoms with Gasteiger partial charge in [-0.05, 0) is 24.1 Å². The highest BCUT2D eigenvalue weighted by atomic mass is 19.1. The van der Waals surface area contributed by atoms with E-state index in [-0.39, 0.29) is 5.56 Å². The highest BCUT2D eigenvalue weighted by molar-refractivity contribution is 5.94. The van der Waals surface area contributed by atoms with Gasteiger partial charge in [0, 0.05) is 13.1 Å². The molecule has 1 saturated heterocycles. The molecule has 1 aliphatic rings. The molecular weight excluding hydrogens is 197 g/mol. The number of benzene rings is 1. The monoisotopic (exact) mass is 209 g/mol. The first-order valence-electron chi connectivity index (χ1n) is 4.85. The molecule has 0 bridgehead atoms. The Kier molecular flexibility index (Phi) is 2.34. The van der Waals surface area contributed by atoms with Crippen LogP contribution >= 0.6 is 0 Å². The number of aromatic carboxylic acids is 1. The van der Waals surface area contributed by atoms with Crippen LogP contribution in [-0.2, 0) is 0 Å². The van der Waals surface area contributed by atoms with Crippen LogP contribution in [0.4, 0.5) is 10.1 Å². The zero-order chi connectivity index (χ0) is 11.0. The minimum absolute atomic E-state index is 0.170. The van der Waals surface area contributed by atoms with Crippen LogP contribution in [0.3, 0.4) is 0 Å². The number of carboxylic acid groups (broad SMARTS) is 1. The molecule has 0 aromatic heterocycles. The van der Waals surface area contributed by atoms with Gasteiger partial charge in [0.1, 0.15) is 5.82 Å². The molecule has 4 heteroatoms. The molecule has 3 nitrogen and oxygen atoms in total. The number of anilines is 1. The van der Waals surface area contributed by atoms with E-state index in [1.807, 2.05) is 4.90 Å². The summed E-state index contributed by atoms with van der Waals surface area (Å²) in [6.07, 6.45) is 0. The summed E-state index contributed by atoms with van der Waals surface area (Å²) in [5, 5.41) is 8.94. The average Bonchev–Trinajstić information content (AvgIpc) is 2.12. The van der Waals surface area contributed by atoms with Crippen molar-refractivity contribution < 1.29 is 14.3 Å². The molecule has 15 heavy (non-hydrogen) atoms. The van der Waals surface area contributed by atoms with Crippen molar-refractivity contribution in [3.63, 3.8) is 0 Å². The number of carboxylic acids is 1. The Hall–Kier alpha value is -1.58. The number of carbonyl (C=O) groups is 1. The maximum atomic E-state index is 13.0. The van der Waals surface area contributed by atoms with Crippen LogP contribution in [0.25, 0.3) is 0 Å². The van der Waals surface area contributed by atoms with E-state index in [0.717, 1.165) is 13.1 Å². The lowest BCUT2D eigenvalue weighted by atomic mass is 10.00. The third kappa shape index (κ3) is 1.79. The van der Waals surface area contributed by atoms with Gasteiger partial charge < -0.3 is 10.0 Å². The van der Waals surface area contributed by atoms with Gasteiger partial charge in [-0.25, -0.2) is 9.18 Å². The van der Waals surface area contributed by atoms with Crippen molar-refractivity contribution in [1.82, 2.24) is 0 Å². The standard InChI is InChI=1S/C11H12FNO2/c1-7-5-13(6-7)10-4-8(12)2-3-9(10)11(14)15/h2-4,7H,5-6H2,1H3,(H,14,15). The quantitative estimate of drug-likeness (QED) is 0.809. The second-order valence-electron chi connectivity index (χ2n) is 3.98. The molecule has 1 fully saturated rings. The summed E-state index contributed by atoms with van der Waals surface area (Å²) in [6, 6.07) is 3.78. The smallest absolute Gasteiger partial charge is 0.337 e. The Bertz CT molecular complexity index is 400. The second kappa shape index (κ2) is 3.53. The molecule has 0 spiro atoms. The third-order valence-corrected chi connectivity index (χ3v) is 2.59. The van der Waals surface area contributed by atoms with Gasteiger partial charge in [-0.15, -0.1) is 0 Å². The maximum absolute atomic E-state index is 13.0. The fourth-order valence-corrected chi connectivity index (χ4v) is 1.84. The van der Waals surface area contributed by atoms with Gasteiger partial charge in [-0.2, -0.15) is 0 Å². The van der Waals surface area contributed by atoms with Crippen molar-refractivity contribution in [3.05, 3.63) is 29.6 Å². The van der Waals surface area contributed by atoms with Crippen LogP contribution in [0.1, 0.15) is 17.3 Å². The molecule has 0 radical (unpaired) electrons. The SMILES string of the molecule is CC1CN(c2cc(F)ccc2C(=O)O)C1. The summed E-state index contributed by atoms with van der Waals surface area (Å²) >= 11 is 0. The van der Waals surface area contributed by atoms with Crippen molar-refractivity contribution >= 4 is 11.7 Å². The van der Waals surface area contributed by atoms with Gasteiger partial charge in [-0.3, -0.25) is 0 Å². The first-order chi connectivity index (χ1) is 7.08. The van der Waals surface area contributed by atoms with Gasteiger partial charge in [0.25, 0.3) is 0 Å². The summed E-state index contributed by atoms with van der Waals surface area (Å²) < 4.78 is 13.0.